The second-order valence-corrected chi connectivity index (χ2v) is 5.03. The normalized spacial score (nSPS) is 10.3. The number of hydrogen-bond donors (Lipinski definition) is 0. The lowest BCUT2D eigenvalue weighted by molar-refractivity contribution is 0.111. The highest BCUT2D eigenvalue weighted by Gasteiger charge is 2.14. The first-order valence-electron chi connectivity index (χ1n) is 5.35. The molecule has 0 N–H and O–H groups in total. The Bertz CT molecular complexity index is 644. The summed E-state index contributed by atoms with van der Waals surface area (Å²) in [7, 11) is 1.38. The van der Waals surface area contributed by atoms with E-state index in [1.54, 1.807) is 24.3 Å². The van der Waals surface area contributed by atoms with Gasteiger partial charge in [0.25, 0.3) is 0 Å². The van der Waals surface area contributed by atoms with E-state index in [1.165, 1.54) is 13.2 Å². The molecular formula is C14H9BrClFO2. The third-order valence-electron chi connectivity index (χ3n) is 2.69. The van der Waals surface area contributed by atoms with Crippen molar-refractivity contribution in [1.82, 2.24) is 0 Å². The first-order chi connectivity index (χ1) is 9.08. The smallest absolute Gasteiger partial charge is 0.156 e. The number of rotatable bonds is 3. The maximum absolute atomic E-state index is 13.8. The van der Waals surface area contributed by atoms with Crippen molar-refractivity contribution < 1.29 is 13.9 Å². The van der Waals surface area contributed by atoms with Crippen LogP contribution in [-0.2, 0) is 0 Å². The summed E-state index contributed by atoms with van der Waals surface area (Å²) in [6.45, 7) is 0. The molecule has 0 bridgehead atoms. The van der Waals surface area contributed by atoms with Crippen LogP contribution < -0.4 is 4.74 Å². The van der Waals surface area contributed by atoms with Crippen molar-refractivity contribution in [1.29, 1.82) is 0 Å². The fraction of sp³-hybridized carbons (Fsp3) is 0.0714. The predicted molar refractivity (Wildman–Crippen MR) is 76.5 cm³/mol. The molecule has 0 fully saturated rings. The van der Waals surface area contributed by atoms with E-state index in [0.29, 0.717) is 26.9 Å². The Kier molecular flexibility index (Phi) is 4.22. The third kappa shape index (κ3) is 2.65. The summed E-state index contributed by atoms with van der Waals surface area (Å²) < 4.78 is 19.6. The molecule has 0 atom stereocenters. The molecule has 2 rings (SSSR count). The van der Waals surface area contributed by atoms with Gasteiger partial charge in [-0.3, -0.25) is 4.79 Å². The molecule has 0 aromatic heterocycles. The number of benzene rings is 2. The van der Waals surface area contributed by atoms with E-state index in [4.69, 9.17) is 16.3 Å². The van der Waals surface area contributed by atoms with Gasteiger partial charge in [0, 0.05) is 10.0 Å². The number of carbonyl (C=O) groups is 1. The van der Waals surface area contributed by atoms with Crippen LogP contribution in [0.2, 0.25) is 5.02 Å². The SMILES string of the molecule is COc1cc(-c2cccc(Br)c2Cl)cc(F)c1C=O. The topological polar surface area (TPSA) is 26.3 Å². The summed E-state index contributed by atoms with van der Waals surface area (Å²) in [4.78, 5) is 10.8. The molecule has 0 spiro atoms. The fourth-order valence-electron chi connectivity index (χ4n) is 1.76. The van der Waals surface area contributed by atoms with Crippen LogP contribution in [0.3, 0.4) is 0 Å². The van der Waals surface area contributed by atoms with E-state index in [1.807, 2.05) is 0 Å². The molecule has 0 aliphatic rings. The second-order valence-electron chi connectivity index (χ2n) is 3.79. The van der Waals surface area contributed by atoms with E-state index in [-0.39, 0.29) is 11.3 Å². The molecule has 0 unspecified atom stereocenters. The molecule has 0 radical (unpaired) electrons. The van der Waals surface area contributed by atoms with Gasteiger partial charge in [0.1, 0.15) is 11.6 Å². The largest absolute Gasteiger partial charge is 0.496 e. The molecular weight excluding hydrogens is 335 g/mol. The molecule has 0 aliphatic carbocycles. The quantitative estimate of drug-likeness (QED) is 0.753. The second kappa shape index (κ2) is 5.72. The lowest BCUT2D eigenvalue weighted by atomic mass is 10.0. The summed E-state index contributed by atoms with van der Waals surface area (Å²) in [5.74, 6) is -0.457. The van der Waals surface area contributed by atoms with E-state index >= 15 is 0 Å². The Morgan fingerprint density at radius 1 is 1.37 bits per heavy atom. The molecule has 0 heterocycles. The van der Waals surface area contributed by atoms with Gasteiger partial charge in [-0.2, -0.15) is 0 Å². The minimum absolute atomic E-state index is 0.0997. The Balaban J connectivity index is 2.67. The third-order valence-corrected chi connectivity index (χ3v) is 3.99. The molecule has 2 aromatic rings. The molecule has 5 heteroatoms. The lowest BCUT2D eigenvalue weighted by Gasteiger charge is -2.10. The van der Waals surface area contributed by atoms with Crippen molar-refractivity contribution in [3.63, 3.8) is 0 Å². The zero-order chi connectivity index (χ0) is 14.0. The maximum atomic E-state index is 13.8. The van der Waals surface area contributed by atoms with Crippen LogP contribution in [-0.4, -0.2) is 13.4 Å². The highest BCUT2D eigenvalue weighted by Crippen LogP contribution is 2.36. The maximum Gasteiger partial charge on any atom is 0.156 e. The fourth-order valence-corrected chi connectivity index (χ4v) is 2.36. The molecule has 0 amide bonds. The van der Waals surface area contributed by atoms with Gasteiger partial charge in [0.2, 0.25) is 0 Å². The van der Waals surface area contributed by atoms with Crippen LogP contribution in [0.4, 0.5) is 4.39 Å². The van der Waals surface area contributed by atoms with Gasteiger partial charge in [0.05, 0.1) is 17.7 Å². The monoisotopic (exact) mass is 342 g/mol. The van der Waals surface area contributed by atoms with Crippen LogP contribution in [0.5, 0.6) is 5.75 Å². The van der Waals surface area contributed by atoms with E-state index in [2.05, 4.69) is 15.9 Å². The van der Waals surface area contributed by atoms with Crippen molar-refractivity contribution in [2.75, 3.05) is 7.11 Å². The Morgan fingerprint density at radius 3 is 2.74 bits per heavy atom. The van der Waals surface area contributed by atoms with Crippen molar-refractivity contribution in [3.05, 3.63) is 51.2 Å². The summed E-state index contributed by atoms with van der Waals surface area (Å²) >= 11 is 9.48. The lowest BCUT2D eigenvalue weighted by Crippen LogP contribution is -1.96. The van der Waals surface area contributed by atoms with E-state index < -0.39 is 5.82 Å². The van der Waals surface area contributed by atoms with Gasteiger partial charge in [-0.25, -0.2) is 4.39 Å². The highest BCUT2D eigenvalue weighted by molar-refractivity contribution is 9.10. The molecule has 98 valence electrons. The van der Waals surface area contributed by atoms with Crippen LogP contribution in [0.15, 0.2) is 34.8 Å². The van der Waals surface area contributed by atoms with Gasteiger partial charge in [0.15, 0.2) is 6.29 Å². The van der Waals surface area contributed by atoms with E-state index in [0.717, 1.165) is 0 Å². The zero-order valence-electron chi connectivity index (χ0n) is 9.91. The Morgan fingerprint density at radius 2 is 2.11 bits per heavy atom. The van der Waals surface area contributed by atoms with E-state index in [9.17, 15) is 9.18 Å². The van der Waals surface area contributed by atoms with Gasteiger partial charge in [-0.05, 0) is 39.7 Å². The average Bonchev–Trinajstić information content (AvgIpc) is 2.40. The van der Waals surface area contributed by atoms with Gasteiger partial charge < -0.3 is 4.74 Å². The molecule has 19 heavy (non-hydrogen) atoms. The number of methoxy groups -OCH3 is 1. The molecule has 0 saturated carbocycles. The highest BCUT2D eigenvalue weighted by atomic mass is 79.9. The van der Waals surface area contributed by atoms with Crippen molar-refractivity contribution in [2.45, 2.75) is 0 Å². The number of hydrogen-bond acceptors (Lipinski definition) is 2. The molecule has 0 aliphatic heterocycles. The van der Waals surface area contributed by atoms with Crippen LogP contribution in [0.1, 0.15) is 10.4 Å². The van der Waals surface area contributed by atoms with Gasteiger partial charge in [-0.1, -0.05) is 23.7 Å². The summed E-state index contributed by atoms with van der Waals surface area (Å²) in [5, 5.41) is 0.475. The Hall–Kier alpha value is -1.39. The van der Waals surface area contributed by atoms with Crippen LogP contribution in [0.25, 0.3) is 11.1 Å². The summed E-state index contributed by atoms with van der Waals surface area (Å²) in [6.07, 6.45) is 0.431. The number of ether oxygens (including phenoxy) is 1. The van der Waals surface area contributed by atoms with Crippen molar-refractivity contribution in [3.8, 4) is 16.9 Å². The summed E-state index contributed by atoms with van der Waals surface area (Å²) in [5.41, 5.74) is 1.11. The Labute approximate surface area is 123 Å². The van der Waals surface area contributed by atoms with Gasteiger partial charge >= 0.3 is 0 Å². The summed E-state index contributed by atoms with van der Waals surface area (Å²) in [6, 6.07) is 8.20. The number of halogens is 3. The minimum Gasteiger partial charge on any atom is -0.496 e. The van der Waals surface area contributed by atoms with Crippen molar-refractivity contribution >= 4 is 33.8 Å². The molecule has 2 nitrogen and oxygen atoms in total. The predicted octanol–water partition coefficient (Wildman–Crippen LogP) is 4.73. The first-order valence-corrected chi connectivity index (χ1v) is 6.52. The zero-order valence-corrected chi connectivity index (χ0v) is 12.3. The molecule has 2 aromatic carbocycles. The van der Waals surface area contributed by atoms with Gasteiger partial charge in [-0.15, -0.1) is 0 Å². The van der Waals surface area contributed by atoms with Crippen LogP contribution in [0, 0.1) is 5.82 Å². The number of aldehydes is 1. The van der Waals surface area contributed by atoms with Crippen molar-refractivity contribution in [2.24, 2.45) is 0 Å². The first kappa shape index (κ1) is 14.0. The number of carbonyl (C=O) groups excluding carboxylic acids is 1. The molecule has 0 saturated heterocycles. The standard InChI is InChI=1S/C14H9BrClFO2/c1-19-13-6-8(5-12(17)10(13)7-18)9-3-2-4-11(15)14(9)16/h2-7H,1H3. The average molecular weight is 344 g/mol. The van der Waals surface area contributed by atoms with Crippen LogP contribution >= 0.6 is 27.5 Å². The minimum atomic E-state index is -0.639.